The Morgan fingerprint density at radius 2 is 1.76 bits per heavy atom. The molecule has 2 amide bonds. The summed E-state index contributed by atoms with van der Waals surface area (Å²) < 4.78 is 0. The topological polar surface area (TPSA) is 126 Å². The molecule has 0 bridgehead atoms. The Morgan fingerprint density at radius 1 is 1.08 bits per heavy atom. The molecular formula is C15H13N5O4S. The van der Waals surface area contributed by atoms with Gasteiger partial charge >= 0.3 is 0 Å². The van der Waals surface area contributed by atoms with Crippen molar-refractivity contribution in [2.75, 3.05) is 0 Å². The van der Waals surface area contributed by atoms with Gasteiger partial charge in [-0.3, -0.25) is 40.9 Å². The molecule has 0 saturated heterocycles. The Labute approximate surface area is 147 Å². The Hall–Kier alpha value is -3.40. The van der Waals surface area contributed by atoms with Gasteiger partial charge in [0.1, 0.15) is 0 Å². The van der Waals surface area contributed by atoms with E-state index in [0.717, 1.165) is 6.07 Å². The summed E-state index contributed by atoms with van der Waals surface area (Å²) in [6.45, 7) is 1.57. The van der Waals surface area contributed by atoms with E-state index in [1.807, 2.05) is 0 Å². The van der Waals surface area contributed by atoms with Gasteiger partial charge in [0.25, 0.3) is 17.5 Å². The third-order valence-electron chi connectivity index (χ3n) is 3.13. The van der Waals surface area contributed by atoms with Gasteiger partial charge < -0.3 is 0 Å². The first-order valence-electron chi connectivity index (χ1n) is 6.95. The van der Waals surface area contributed by atoms with E-state index in [4.69, 9.17) is 12.2 Å². The van der Waals surface area contributed by atoms with Crippen LogP contribution in [0, 0.1) is 17.0 Å². The molecule has 0 fully saturated rings. The van der Waals surface area contributed by atoms with Crippen molar-refractivity contribution in [1.29, 1.82) is 0 Å². The number of benzene rings is 1. The SMILES string of the molecule is Cc1ccc(C(=O)NC(=S)NNC(=O)c2ccncc2)cc1[N+](=O)[O-]. The Balaban J connectivity index is 1.94. The van der Waals surface area contributed by atoms with Crippen LogP contribution in [-0.2, 0) is 0 Å². The van der Waals surface area contributed by atoms with Crippen molar-refractivity contribution >= 4 is 34.8 Å². The van der Waals surface area contributed by atoms with Crippen molar-refractivity contribution in [1.82, 2.24) is 21.2 Å². The van der Waals surface area contributed by atoms with Gasteiger partial charge in [-0.1, -0.05) is 6.07 Å². The summed E-state index contributed by atoms with van der Waals surface area (Å²) in [6, 6.07) is 7.07. The molecule has 128 valence electrons. The van der Waals surface area contributed by atoms with Crippen molar-refractivity contribution < 1.29 is 14.5 Å². The van der Waals surface area contributed by atoms with Crippen LogP contribution in [0.5, 0.6) is 0 Å². The molecule has 2 rings (SSSR count). The fourth-order valence-corrected chi connectivity index (χ4v) is 1.99. The van der Waals surface area contributed by atoms with Crippen LogP contribution in [0.1, 0.15) is 26.3 Å². The van der Waals surface area contributed by atoms with E-state index >= 15 is 0 Å². The lowest BCUT2D eigenvalue weighted by Gasteiger charge is -2.11. The quantitative estimate of drug-likeness (QED) is 0.428. The van der Waals surface area contributed by atoms with Crippen LogP contribution in [0.3, 0.4) is 0 Å². The summed E-state index contributed by atoms with van der Waals surface area (Å²) in [6.07, 6.45) is 2.92. The number of hydrogen-bond acceptors (Lipinski definition) is 6. The molecule has 0 aliphatic carbocycles. The highest BCUT2D eigenvalue weighted by atomic mass is 32.1. The first kappa shape index (κ1) is 17.9. The van der Waals surface area contributed by atoms with Crippen LogP contribution >= 0.6 is 12.2 Å². The first-order chi connectivity index (χ1) is 11.9. The minimum Gasteiger partial charge on any atom is -0.298 e. The number of carbonyl (C=O) groups excluding carboxylic acids is 2. The summed E-state index contributed by atoms with van der Waals surface area (Å²) in [5, 5.41) is 13.1. The number of hydrogen-bond donors (Lipinski definition) is 3. The number of hydrazine groups is 1. The minimum absolute atomic E-state index is 0.0712. The smallest absolute Gasteiger partial charge is 0.273 e. The van der Waals surface area contributed by atoms with E-state index < -0.39 is 16.7 Å². The molecule has 2 aromatic rings. The summed E-state index contributed by atoms with van der Waals surface area (Å²) in [7, 11) is 0. The molecule has 1 aromatic heterocycles. The van der Waals surface area contributed by atoms with Crippen molar-refractivity contribution in [3.05, 3.63) is 69.5 Å². The fraction of sp³-hybridized carbons (Fsp3) is 0.0667. The van der Waals surface area contributed by atoms with E-state index in [9.17, 15) is 19.7 Å². The highest BCUT2D eigenvalue weighted by Gasteiger charge is 2.16. The molecule has 3 N–H and O–H groups in total. The van der Waals surface area contributed by atoms with Gasteiger partial charge in [-0.05, 0) is 37.3 Å². The van der Waals surface area contributed by atoms with Crippen LogP contribution in [0.15, 0.2) is 42.7 Å². The normalized spacial score (nSPS) is 9.80. The summed E-state index contributed by atoms with van der Waals surface area (Å²) in [5.41, 5.74) is 5.38. The second-order valence-electron chi connectivity index (χ2n) is 4.86. The number of aromatic nitrogens is 1. The molecule has 0 aliphatic heterocycles. The number of nitro benzene ring substituents is 1. The van der Waals surface area contributed by atoms with Crippen LogP contribution < -0.4 is 16.2 Å². The van der Waals surface area contributed by atoms with E-state index in [1.165, 1.54) is 36.7 Å². The fourth-order valence-electron chi connectivity index (χ4n) is 1.84. The van der Waals surface area contributed by atoms with Crippen LogP contribution in [0.2, 0.25) is 0 Å². The molecule has 0 aliphatic rings. The van der Waals surface area contributed by atoms with Gasteiger partial charge in [-0.15, -0.1) is 0 Å². The van der Waals surface area contributed by atoms with Crippen molar-refractivity contribution in [2.24, 2.45) is 0 Å². The Morgan fingerprint density at radius 3 is 2.40 bits per heavy atom. The van der Waals surface area contributed by atoms with Gasteiger partial charge in [0.15, 0.2) is 5.11 Å². The van der Waals surface area contributed by atoms with Crippen LogP contribution in [0.25, 0.3) is 0 Å². The zero-order chi connectivity index (χ0) is 18.4. The molecular weight excluding hydrogens is 346 g/mol. The second kappa shape index (κ2) is 7.93. The lowest BCUT2D eigenvalue weighted by atomic mass is 10.1. The number of rotatable bonds is 3. The zero-order valence-electron chi connectivity index (χ0n) is 13.0. The van der Waals surface area contributed by atoms with E-state index in [2.05, 4.69) is 21.2 Å². The largest absolute Gasteiger partial charge is 0.298 e. The van der Waals surface area contributed by atoms with E-state index in [-0.39, 0.29) is 16.4 Å². The standard InChI is InChI=1S/C15H13N5O4S/c1-9-2-3-11(8-12(9)20(23)24)13(21)17-15(25)19-18-14(22)10-4-6-16-7-5-10/h2-8H,1H3,(H,18,22)(H2,17,19,21,25). The number of nitro groups is 1. The maximum atomic E-state index is 12.1. The number of aryl methyl sites for hydroxylation is 1. The third kappa shape index (κ3) is 4.78. The molecule has 10 heteroatoms. The predicted molar refractivity (Wildman–Crippen MR) is 92.7 cm³/mol. The molecule has 0 radical (unpaired) electrons. The molecule has 0 spiro atoms. The number of pyridine rings is 1. The average molecular weight is 359 g/mol. The molecule has 0 unspecified atom stereocenters. The summed E-state index contributed by atoms with van der Waals surface area (Å²) >= 11 is 4.90. The number of amides is 2. The van der Waals surface area contributed by atoms with Gasteiger partial charge in [-0.25, -0.2) is 0 Å². The van der Waals surface area contributed by atoms with Crippen LogP contribution in [-0.4, -0.2) is 26.8 Å². The molecule has 9 nitrogen and oxygen atoms in total. The number of carbonyl (C=O) groups is 2. The molecule has 0 atom stereocenters. The predicted octanol–water partition coefficient (Wildman–Crippen LogP) is 1.25. The Bertz CT molecular complexity index is 841. The number of nitrogens with one attached hydrogen (secondary N) is 3. The first-order valence-corrected chi connectivity index (χ1v) is 7.36. The van der Waals surface area contributed by atoms with Gasteiger partial charge in [0, 0.05) is 35.2 Å². The molecule has 0 saturated carbocycles. The summed E-state index contributed by atoms with van der Waals surface area (Å²) in [4.78, 5) is 38.0. The zero-order valence-corrected chi connectivity index (χ0v) is 13.8. The molecule has 25 heavy (non-hydrogen) atoms. The lowest BCUT2D eigenvalue weighted by Crippen LogP contribution is -2.48. The average Bonchev–Trinajstić information content (AvgIpc) is 2.60. The molecule has 1 heterocycles. The van der Waals surface area contributed by atoms with E-state index in [0.29, 0.717) is 11.1 Å². The van der Waals surface area contributed by atoms with Crippen molar-refractivity contribution in [2.45, 2.75) is 6.92 Å². The third-order valence-corrected chi connectivity index (χ3v) is 3.33. The van der Waals surface area contributed by atoms with Gasteiger partial charge in [0.2, 0.25) is 0 Å². The minimum atomic E-state index is -0.640. The lowest BCUT2D eigenvalue weighted by molar-refractivity contribution is -0.385. The maximum absolute atomic E-state index is 12.1. The highest BCUT2D eigenvalue weighted by molar-refractivity contribution is 7.80. The molecule has 1 aromatic carbocycles. The van der Waals surface area contributed by atoms with Crippen molar-refractivity contribution in [3.63, 3.8) is 0 Å². The second-order valence-corrected chi connectivity index (χ2v) is 5.26. The Kier molecular flexibility index (Phi) is 5.69. The van der Waals surface area contributed by atoms with Crippen molar-refractivity contribution in [3.8, 4) is 0 Å². The van der Waals surface area contributed by atoms with E-state index in [1.54, 1.807) is 6.92 Å². The summed E-state index contributed by atoms with van der Waals surface area (Å²) in [5.74, 6) is -1.11. The number of nitrogens with zero attached hydrogens (tertiary/aromatic N) is 2. The van der Waals surface area contributed by atoms with Crippen LogP contribution in [0.4, 0.5) is 5.69 Å². The maximum Gasteiger partial charge on any atom is 0.273 e. The van der Waals surface area contributed by atoms with Gasteiger partial charge in [-0.2, -0.15) is 0 Å². The highest BCUT2D eigenvalue weighted by Crippen LogP contribution is 2.19. The monoisotopic (exact) mass is 359 g/mol. The number of thiocarbonyl (C=S) groups is 1. The van der Waals surface area contributed by atoms with Gasteiger partial charge in [0.05, 0.1) is 4.92 Å².